The number of para-hydroxylation sites is 3. The second kappa shape index (κ2) is 13.4. The number of rotatable bonds is 6. The smallest absolute Gasteiger partial charge is 0.135 e. The molecule has 2 heterocycles. The summed E-state index contributed by atoms with van der Waals surface area (Å²) in [5.74, 6) is 0. The number of aromatic nitrogens is 1. The number of anilines is 3. The topological polar surface area (TPSA) is 21.3 Å². The summed E-state index contributed by atoms with van der Waals surface area (Å²) >= 11 is 0. The van der Waals surface area contributed by atoms with Gasteiger partial charge in [-0.1, -0.05) is 164 Å². The first-order chi connectivity index (χ1) is 29.3. The molecule has 0 unspecified atom stereocenters. The monoisotopic (exact) mass is 752 g/mol. The molecule has 0 aliphatic carbocycles. The minimum Gasteiger partial charge on any atom is -0.456 e. The van der Waals surface area contributed by atoms with Crippen LogP contribution >= 0.6 is 0 Å². The number of furan rings is 1. The summed E-state index contributed by atoms with van der Waals surface area (Å²) in [7, 11) is 0. The van der Waals surface area contributed by atoms with E-state index in [1.54, 1.807) is 0 Å². The van der Waals surface area contributed by atoms with Gasteiger partial charge >= 0.3 is 0 Å². The van der Waals surface area contributed by atoms with Crippen molar-refractivity contribution < 1.29 is 4.42 Å². The molecule has 59 heavy (non-hydrogen) atoms. The van der Waals surface area contributed by atoms with Crippen molar-refractivity contribution in [3.63, 3.8) is 0 Å². The van der Waals surface area contributed by atoms with Crippen molar-refractivity contribution in [3.8, 4) is 27.9 Å². The van der Waals surface area contributed by atoms with Crippen molar-refractivity contribution in [2.75, 3.05) is 4.90 Å². The van der Waals surface area contributed by atoms with E-state index < -0.39 is 0 Å². The third kappa shape index (κ3) is 5.29. The Balaban J connectivity index is 1.08. The van der Waals surface area contributed by atoms with Crippen LogP contribution in [0.2, 0.25) is 0 Å². The molecule has 0 bridgehead atoms. The Morgan fingerprint density at radius 1 is 0.322 bits per heavy atom. The number of fused-ring (bicyclic) bond motifs is 8. The van der Waals surface area contributed by atoms with Crippen LogP contribution in [0.4, 0.5) is 17.1 Å². The molecule has 2 aromatic heterocycles. The van der Waals surface area contributed by atoms with Crippen molar-refractivity contribution in [2.45, 2.75) is 0 Å². The van der Waals surface area contributed by atoms with Gasteiger partial charge in [0.1, 0.15) is 11.2 Å². The molecule has 3 heteroatoms. The van der Waals surface area contributed by atoms with Crippen molar-refractivity contribution in [1.82, 2.24) is 4.57 Å². The summed E-state index contributed by atoms with van der Waals surface area (Å²) in [6, 6.07) is 78.9. The molecule has 12 aromatic rings. The molecule has 0 spiro atoms. The Morgan fingerprint density at radius 2 is 0.864 bits per heavy atom. The minimum absolute atomic E-state index is 0.894. The number of benzene rings is 10. The van der Waals surface area contributed by atoms with Gasteiger partial charge in [0, 0.05) is 43.6 Å². The third-order valence-electron chi connectivity index (χ3n) is 12.0. The molecule has 0 aliphatic rings. The molecule has 0 saturated heterocycles. The van der Waals surface area contributed by atoms with Crippen molar-refractivity contribution in [1.29, 1.82) is 0 Å². The quantitative estimate of drug-likeness (QED) is 0.169. The van der Waals surface area contributed by atoms with Gasteiger partial charge in [-0.05, 0) is 82.1 Å². The van der Waals surface area contributed by atoms with E-state index in [1.807, 2.05) is 12.1 Å². The molecule has 0 aliphatic heterocycles. The van der Waals surface area contributed by atoms with Crippen LogP contribution in [0.1, 0.15) is 0 Å². The lowest BCUT2D eigenvalue weighted by Gasteiger charge is -2.30. The highest BCUT2D eigenvalue weighted by atomic mass is 16.3. The van der Waals surface area contributed by atoms with Gasteiger partial charge in [0.15, 0.2) is 0 Å². The fraction of sp³-hybridized carbons (Fsp3) is 0. The van der Waals surface area contributed by atoms with E-state index in [0.717, 1.165) is 61.3 Å². The first kappa shape index (κ1) is 33.3. The summed E-state index contributed by atoms with van der Waals surface area (Å²) in [5.41, 5.74) is 13.3. The van der Waals surface area contributed by atoms with Crippen LogP contribution in [0.15, 0.2) is 223 Å². The average Bonchev–Trinajstić information content (AvgIpc) is 3.84. The zero-order chi connectivity index (χ0) is 38.9. The van der Waals surface area contributed by atoms with Crippen LogP contribution in [-0.4, -0.2) is 4.57 Å². The van der Waals surface area contributed by atoms with Crippen LogP contribution in [-0.2, 0) is 0 Å². The van der Waals surface area contributed by atoms with Crippen LogP contribution in [0.3, 0.4) is 0 Å². The van der Waals surface area contributed by atoms with E-state index in [0.29, 0.717) is 0 Å². The number of hydrogen-bond donors (Lipinski definition) is 0. The zero-order valence-corrected chi connectivity index (χ0v) is 32.1. The van der Waals surface area contributed by atoms with E-state index in [-0.39, 0.29) is 0 Å². The molecular weight excluding hydrogens is 717 g/mol. The van der Waals surface area contributed by atoms with E-state index in [1.165, 1.54) is 49.0 Å². The van der Waals surface area contributed by atoms with Gasteiger partial charge in [-0.3, -0.25) is 0 Å². The molecule has 12 rings (SSSR count). The maximum absolute atomic E-state index is 6.24. The van der Waals surface area contributed by atoms with Gasteiger partial charge in [0.05, 0.1) is 28.1 Å². The predicted octanol–water partition coefficient (Wildman–Crippen LogP) is 15.8. The minimum atomic E-state index is 0.894. The van der Waals surface area contributed by atoms with E-state index in [4.69, 9.17) is 4.42 Å². The van der Waals surface area contributed by atoms with Crippen molar-refractivity contribution in [2.24, 2.45) is 0 Å². The summed E-state index contributed by atoms with van der Waals surface area (Å²) in [5, 5.41) is 9.50. The van der Waals surface area contributed by atoms with Gasteiger partial charge in [0.2, 0.25) is 0 Å². The zero-order valence-electron chi connectivity index (χ0n) is 32.1. The van der Waals surface area contributed by atoms with Crippen molar-refractivity contribution in [3.05, 3.63) is 218 Å². The maximum atomic E-state index is 6.24. The van der Waals surface area contributed by atoms with Crippen LogP contribution in [0.5, 0.6) is 0 Å². The Kier molecular flexibility index (Phi) is 7.54. The van der Waals surface area contributed by atoms with E-state index in [9.17, 15) is 0 Å². The third-order valence-corrected chi connectivity index (χ3v) is 12.0. The molecule has 276 valence electrons. The van der Waals surface area contributed by atoms with Crippen molar-refractivity contribution >= 4 is 82.4 Å². The van der Waals surface area contributed by atoms with E-state index >= 15 is 0 Å². The van der Waals surface area contributed by atoms with Gasteiger partial charge in [-0.2, -0.15) is 0 Å². The van der Waals surface area contributed by atoms with Gasteiger partial charge in [0.25, 0.3) is 0 Å². The fourth-order valence-corrected chi connectivity index (χ4v) is 9.33. The van der Waals surface area contributed by atoms with Gasteiger partial charge in [-0.15, -0.1) is 0 Å². The predicted molar refractivity (Wildman–Crippen MR) is 249 cm³/mol. The van der Waals surface area contributed by atoms with Crippen LogP contribution in [0, 0.1) is 0 Å². The lowest BCUT2D eigenvalue weighted by atomic mass is 9.92. The van der Waals surface area contributed by atoms with Gasteiger partial charge < -0.3 is 13.9 Å². The molecular formula is C56H36N2O. The normalized spacial score (nSPS) is 11.7. The largest absolute Gasteiger partial charge is 0.456 e. The lowest BCUT2D eigenvalue weighted by Crippen LogP contribution is -2.12. The summed E-state index contributed by atoms with van der Waals surface area (Å²) in [6.07, 6.45) is 0. The summed E-state index contributed by atoms with van der Waals surface area (Å²) in [4.78, 5) is 2.47. The first-order valence-corrected chi connectivity index (χ1v) is 20.2. The number of hydrogen-bond acceptors (Lipinski definition) is 2. The molecule has 0 saturated carbocycles. The highest BCUT2D eigenvalue weighted by Gasteiger charge is 2.23. The van der Waals surface area contributed by atoms with Gasteiger partial charge in [-0.25, -0.2) is 0 Å². The SMILES string of the molecule is c1ccc(-c2ccccc2N(c2cccc3ccccc23)c2cccc3ccccc23)c(-c2ccc3c4ccccc4n(-c4ccc5oc6ccccc6c5c4)c3c2)c1. The molecule has 0 fully saturated rings. The first-order valence-electron chi connectivity index (χ1n) is 20.2. The summed E-state index contributed by atoms with van der Waals surface area (Å²) in [6.45, 7) is 0. The Labute approximate surface area is 341 Å². The average molecular weight is 753 g/mol. The van der Waals surface area contributed by atoms with Crippen LogP contribution < -0.4 is 4.90 Å². The number of nitrogens with zero attached hydrogens (tertiary/aromatic N) is 2. The molecule has 0 radical (unpaired) electrons. The van der Waals surface area contributed by atoms with E-state index in [2.05, 4.69) is 216 Å². The fourth-order valence-electron chi connectivity index (χ4n) is 9.33. The highest BCUT2D eigenvalue weighted by molar-refractivity contribution is 6.12. The molecule has 3 nitrogen and oxygen atoms in total. The standard InChI is InChI=1S/C56H36N2O/c1-3-20-42-37(15-1)17-13-28-50(42)58(51-29-14-18-38-16-2-4-21-43(38)51)53-27-11-7-23-45(53)44-22-6-5-19-41(44)39-31-33-47-46-24-8-10-26-52(46)57(54(47)35-39)40-32-34-56-49(36-40)48-25-9-12-30-55(48)59-56/h1-36H. The Morgan fingerprint density at radius 3 is 1.63 bits per heavy atom. The Bertz CT molecular complexity index is 3500. The highest BCUT2D eigenvalue weighted by Crippen LogP contribution is 2.47. The Hall–Kier alpha value is -7.88. The molecule has 0 amide bonds. The molecule has 0 atom stereocenters. The summed E-state index contributed by atoms with van der Waals surface area (Å²) < 4.78 is 8.66. The maximum Gasteiger partial charge on any atom is 0.135 e. The second-order valence-corrected chi connectivity index (χ2v) is 15.3. The molecule has 0 N–H and O–H groups in total. The second-order valence-electron chi connectivity index (χ2n) is 15.3. The lowest BCUT2D eigenvalue weighted by molar-refractivity contribution is 0.669. The van der Waals surface area contributed by atoms with Crippen LogP contribution in [0.25, 0.3) is 93.2 Å². The molecule has 10 aromatic carbocycles.